The third kappa shape index (κ3) is 6.22. The average molecular weight is 270 g/mol. The largest absolute Gasteiger partial charge is 0.480 e. The van der Waals surface area contributed by atoms with Gasteiger partial charge in [-0.3, -0.25) is 9.59 Å². The fourth-order valence-corrected chi connectivity index (χ4v) is 2.48. The van der Waals surface area contributed by atoms with E-state index in [0.29, 0.717) is 12.3 Å². The summed E-state index contributed by atoms with van der Waals surface area (Å²) in [5.74, 6) is -1.72. The highest BCUT2D eigenvalue weighted by atomic mass is 16.4. The molecule has 0 aliphatic heterocycles. The number of carbonyl (C=O) groups is 3. The normalized spacial score (nSPS) is 17.7. The van der Waals surface area contributed by atoms with Crippen LogP contribution < -0.4 is 11.1 Å². The molecular weight excluding hydrogens is 248 g/mol. The van der Waals surface area contributed by atoms with Gasteiger partial charge in [-0.25, -0.2) is 4.79 Å². The Labute approximate surface area is 112 Å². The van der Waals surface area contributed by atoms with Gasteiger partial charge >= 0.3 is 5.97 Å². The Balaban J connectivity index is 2.31. The molecule has 1 fully saturated rings. The van der Waals surface area contributed by atoms with Crippen molar-refractivity contribution in [2.75, 3.05) is 0 Å². The van der Waals surface area contributed by atoms with Crippen LogP contribution in [0.25, 0.3) is 0 Å². The van der Waals surface area contributed by atoms with Crippen LogP contribution in [0, 0.1) is 5.92 Å². The van der Waals surface area contributed by atoms with Gasteiger partial charge in [0.2, 0.25) is 11.8 Å². The molecule has 0 aromatic carbocycles. The molecule has 108 valence electrons. The van der Waals surface area contributed by atoms with Gasteiger partial charge in [0.25, 0.3) is 0 Å². The molecule has 0 saturated heterocycles. The molecule has 4 N–H and O–H groups in total. The van der Waals surface area contributed by atoms with Crippen LogP contribution in [0.15, 0.2) is 0 Å². The number of primary amides is 1. The fourth-order valence-electron chi connectivity index (χ4n) is 2.48. The summed E-state index contributed by atoms with van der Waals surface area (Å²) >= 11 is 0. The molecule has 1 rings (SSSR count). The molecule has 0 radical (unpaired) electrons. The lowest BCUT2D eigenvalue weighted by atomic mass is 9.86. The summed E-state index contributed by atoms with van der Waals surface area (Å²) in [4.78, 5) is 33.2. The highest BCUT2D eigenvalue weighted by molar-refractivity contribution is 5.88. The molecule has 0 bridgehead atoms. The van der Waals surface area contributed by atoms with Crippen molar-refractivity contribution in [3.05, 3.63) is 0 Å². The molecule has 0 heterocycles. The molecular formula is C13H22N2O4. The van der Waals surface area contributed by atoms with Gasteiger partial charge < -0.3 is 16.2 Å². The van der Waals surface area contributed by atoms with Crippen LogP contribution in [0.5, 0.6) is 0 Å². The van der Waals surface area contributed by atoms with Gasteiger partial charge in [-0.2, -0.15) is 0 Å². The number of nitrogens with two attached hydrogens (primary N) is 1. The number of rotatable bonds is 7. The van der Waals surface area contributed by atoms with Crippen molar-refractivity contribution in [1.29, 1.82) is 0 Å². The zero-order chi connectivity index (χ0) is 14.3. The first-order chi connectivity index (χ1) is 8.99. The van der Waals surface area contributed by atoms with E-state index in [1.165, 1.54) is 19.3 Å². The second-order valence-electron chi connectivity index (χ2n) is 5.17. The van der Waals surface area contributed by atoms with E-state index in [0.717, 1.165) is 19.3 Å². The first kappa shape index (κ1) is 15.5. The van der Waals surface area contributed by atoms with Gasteiger partial charge in [0, 0.05) is 6.42 Å². The molecule has 0 spiro atoms. The minimum Gasteiger partial charge on any atom is -0.480 e. The first-order valence-electron chi connectivity index (χ1n) is 6.79. The zero-order valence-electron chi connectivity index (χ0n) is 11.1. The number of carboxylic acids is 1. The zero-order valence-corrected chi connectivity index (χ0v) is 11.1. The Kier molecular flexibility index (Phi) is 6.32. The molecule has 1 aliphatic carbocycles. The van der Waals surface area contributed by atoms with E-state index < -0.39 is 17.9 Å². The third-order valence-electron chi connectivity index (χ3n) is 3.54. The van der Waals surface area contributed by atoms with Gasteiger partial charge in [-0.15, -0.1) is 0 Å². The van der Waals surface area contributed by atoms with E-state index in [9.17, 15) is 14.4 Å². The maximum atomic E-state index is 11.7. The van der Waals surface area contributed by atoms with Crippen molar-refractivity contribution in [3.8, 4) is 0 Å². The summed E-state index contributed by atoms with van der Waals surface area (Å²) in [6, 6.07) is -1.21. The number of nitrogens with one attached hydrogen (secondary N) is 1. The monoisotopic (exact) mass is 270 g/mol. The maximum Gasteiger partial charge on any atom is 0.326 e. The van der Waals surface area contributed by atoms with Crippen LogP contribution in [0.1, 0.15) is 51.4 Å². The number of carbonyl (C=O) groups excluding carboxylic acids is 2. The maximum absolute atomic E-state index is 11.7. The van der Waals surface area contributed by atoms with E-state index in [2.05, 4.69) is 5.32 Å². The Morgan fingerprint density at radius 1 is 1.21 bits per heavy atom. The number of amides is 2. The van der Waals surface area contributed by atoms with Crippen molar-refractivity contribution in [2.24, 2.45) is 11.7 Å². The quantitative estimate of drug-likeness (QED) is 0.635. The SMILES string of the molecule is NC(=O)CC(NC(=O)CCC1CCCCC1)C(=O)O. The Bertz CT molecular complexity index is 338. The summed E-state index contributed by atoms with van der Waals surface area (Å²) in [7, 11) is 0. The number of carboxylic acid groups (broad SMARTS) is 1. The molecule has 19 heavy (non-hydrogen) atoms. The standard InChI is InChI=1S/C13H22N2O4/c14-11(16)8-10(13(18)19)15-12(17)7-6-9-4-2-1-3-5-9/h9-10H,1-8H2,(H2,14,16)(H,15,17)(H,18,19). The highest BCUT2D eigenvalue weighted by Crippen LogP contribution is 2.27. The van der Waals surface area contributed by atoms with E-state index in [4.69, 9.17) is 10.8 Å². The van der Waals surface area contributed by atoms with Crippen LogP contribution in [-0.2, 0) is 14.4 Å². The van der Waals surface area contributed by atoms with Gasteiger partial charge in [0.05, 0.1) is 6.42 Å². The average Bonchev–Trinajstić information content (AvgIpc) is 2.36. The lowest BCUT2D eigenvalue weighted by Gasteiger charge is -2.21. The van der Waals surface area contributed by atoms with Crippen molar-refractivity contribution in [3.63, 3.8) is 0 Å². The lowest BCUT2D eigenvalue weighted by molar-refractivity contribution is -0.143. The van der Waals surface area contributed by atoms with Crippen LogP contribution in [0.2, 0.25) is 0 Å². The highest BCUT2D eigenvalue weighted by Gasteiger charge is 2.22. The second-order valence-corrected chi connectivity index (χ2v) is 5.17. The van der Waals surface area contributed by atoms with Crippen molar-refractivity contribution in [1.82, 2.24) is 5.32 Å². The number of hydrogen-bond donors (Lipinski definition) is 3. The molecule has 1 atom stereocenters. The van der Waals surface area contributed by atoms with Gasteiger partial charge in [0.15, 0.2) is 0 Å². The summed E-state index contributed by atoms with van der Waals surface area (Å²) in [5.41, 5.74) is 4.94. The minimum absolute atomic E-state index is 0.313. The van der Waals surface area contributed by atoms with E-state index in [1.807, 2.05) is 0 Å². The predicted octanol–water partition coefficient (Wildman–Crippen LogP) is 0.792. The lowest BCUT2D eigenvalue weighted by Crippen LogP contribution is -2.43. The van der Waals surface area contributed by atoms with Crippen LogP contribution >= 0.6 is 0 Å². The Morgan fingerprint density at radius 3 is 2.37 bits per heavy atom. The summed E-state index contributed by atoms with van der Waals surface area (Å²) in [6.07, 6.45) is 6.72. The summed E-state index contributed by atoms with van der Waals surface area (Å²) < 4.78 is 0. The van der Waals surface area contributed by atoms with Crippen molar-refractivity contribution >= 4 is 17.8 Å². The van der Waals surface area contributed by atoms with Gasteiger partial charge in [-0.05, 0) is 12.3 Å². The molecule has 1 saturated carbocycles. The number of hydrogen-bond acceptors (Lipinski definition) is 3. The topological polar surface area (TPSA) is 109 Å². The molecule has 0 aromatic rings. The molecule has 1 unspecified atom stereocenters. The van der Waals surface area contributed by atoms with E-state index >= 15 is 0 Å². The van der Waals surface area contributed by atoms with Crippen LogP contribution in [0.3, 0.4) is 0 Å². The summed E-state index contributed by atoms with van der Waals surface area (Å²) in [5, 5.41) is 11.2. The Hall–Kier alpha value is -1.59. The van der Waals surface area contributed by atoms with Crippen LogP contribution in [0.4, 0.5) is 0 Å². The van der Waals surface area contributed by atoms with Gasteiger partial charge in [-0.1, -0.05) is 32.1 Å². The van der Waals surface area contributed by atoms with Crippen LogP contribution in [-0.4, -0.2) is 28.9 Å². The molecule has 0 aromatic heterocycles. The van der Waals surface area contributed by atoms with E-state index in [-0.39, 0.29) is 12.3 Å². The Morgan fingerprint density at radius 2 is 1.84 bits per heavy atom. The predicted molar refractivity (Wildman–Crippen MR) is 69.2 cm³/mol. The number of aliphatic carboxylic acids is 1. The minimum atomic E-state index is -1.23. The molecule has 1 aliphatic rings. The first-order valence-corrected chi connectivity index (χ1v) is 6.79. The molecule has 2 amide bonds. The molecule has 6 heteroatoms. The third-order valence-corrected chi connectivity index (χ3v) is 3.54. The smallest absolute Gasteiger partial charge is 0.326 e. The van der Waals surface area contributed by atoms with Crippen molar-refractivity contribution < 1.29 is 19.5 Å². The van der Waals surface area contributed by atoms with E-state index in [1.54, 1.807) is 0 Å². The molecule has 6 nitrogen and oxygen atoms in total. The fraction of sp³-hybridized carbons (Fsp3) is 0.769. The van der Waals surface area contributed by atoms with Gasteiger partial charge in [0.1, 0.15) is 6.04 Å². The van der Waals surface area contributed by atoms with Crippen molar-refractivity contribution in [2.45, 2.75) is 57.4 Å². The summed E-state index contributed by atoms with van der Waals surface area (Å²) in [6.45, 7) is 0. The second kappa shape index (κ2) is 7.76.